The zero-order valence-corrected chi connectivity index (χ0v) is 17.0. The first-order chi connectivity index (χ1) is 13.7. The number of nitrogens with zero attached hydrogens (tertiary/aromatic N) is 1. The quantitative estimate of drug-likeness (QED) is 0.557. The molecule has 0 spiro atoms. The first kappa shape index (κ1) is 19.0. The Hall–Kier alpha value is -2.33. The van der Waals surface area contributed by atoms with Gasteiger partial charge in [0.05, 0.1) is 5.69 Å². The van der Waals surface area contributed by atoms with E-state index in [9.17, 15) is 4.79 Å². The van der Waals surface area contributed by atoms with Gasteiger partial charge in [-0.1, -0.05) is 49.4 Å². The number of benzene rings is 2. The molecule has 0 atom stereocenters. The summed E-state index contributed by atoms with van der Waals surface area (Å²) >= 11 is 1.77. The predicted octanol–water partition coefficient (Wildman–Crippen LogP) is 5.84. The first-order valence-electron chi connectivity index (χ1n) is 10.1. The van der Waals surface area contributed by atoms with Crippen molar-refractivity contribution in [3.05, 3.63) is 72.1 Å². The lowest BCUT2D eigenvalue weighted by molar-refractivity contribution is 0.0917. The molecule has 1 fully saturated rings. The molecule has 4 heteroatoms. The molecule has 1 amide bonds. The number of carbonyl (C=O) groups is 1. The molecule has 0 unspecified atom stereocenters. The van der Waals surface area contributed by atoms with Crippen LogP contribution in [0.5, 0.6) is 0 Å². The number of amides is 1. The number of pyridine rings is 1. The Balaban J connectivity index is 1.41. The minimum absolute atomic E-state index is 0.0448. The number of rotatable bonds is 5. The van der Waals surface area contributed by atoms with E-state index in [0.717, 1.165) is 30.2 Å². The second-order valence-corrected chi connectivity index (χ2v) is 8.73. The summed E-state index contributed by atoms with van der Waals surface area (Å²) < 4.78 is 0. The third kappa shape index (κ3) is 4.56. The fourth-order valence-electron chi connectivity index (χ4n) is 3.82. The second kappa shape index (κ2) is 8.78. The largest absolute Gasteiger partial charge is 0.348 e. The minimum atomic E-state index is -0.0448. The molecule has 1 N–H and O–H groups in total. The van der Waals surface area contributed by atoms with Crippen LogP contribution in [0.2, 0.25) is 0 Å². The molecule has 1 aliphatic rings. The van der Waals surface area contributed by atoms with E-state index in [0.29, 0.717) is 11.7 Å². The number of nitrogens with one attached hydrogen (secondary N) is 1. The monoisotopic (exact) mass is 390 g/mol. The molecule has 3 nitrogen and oxygen atoms in total. The van der Waals surface area contributed by atoms with E-state index in [1.807, 2.05) is 18.2 Å². The first-order valence-corrected chi connectivity index (χ1v) is 11.0. The number of hydrogen-bond acceptors (Lipinski definition) is 3. The summed E-state index contributed by atoms with van der Waals surface area (Å²) in [7, 11) is 0. The Kier molecular flexibility index (Phi) is 5.96. The van der Waals surface area contributed by atoms with E-state index < -0.39 is 0 Å². The molecule has 0 bridgehead atoms. The van der Waals surface area contributed by atoms with Crippen molar-refractivity contribution in [3.8, 4) is 0 Å². The zero-order chi connectivity index (χ0) is 19.3. The van der Waals surface area contributed by atoms with E-state index in [2.05, 4.69) is 59.7 Å². The van der Waals surface area contributed by atoms with Crippen LogP contribution in [0.1, 0.15) is 48.8 Å². The molecule has 0 saturated heterocycles. The maximum Gasteiger partial charge on any atom is 0.270 e. The van der Waals surface area contributed by atoms with E-state index in [1.54, 1.807) is 11.8 Å². The van der Waals surface area contributed by atoms with Crippen LogP contribution < -0.4 is 5.32 Å². The molecular formula is C24H26N2OS. The number of fused-ring (bicyclic) bond motifs is 1. The lowest BCUT2D eigenvalue weighted by Crippen LogP contribution is -2.37. The molecule has 1 saturated carbocycles. The van der Waals surface area contributed by atoms with Crippen molar-refractivity contribution in [1.29, 1.82) is 0 Å². The average molecular weight is 391 g/mol. The van der Waals surface area contributed by atoms with Crippen LogP contribution in [0.25, 0.3) is 10.8 Å². The maximum atomic E-state index is 12.6. The minimum Gasteiger partial charge on any atom is -0.348 e. The molecule has 28 heavy (non-hydrogen) atoms. The smallest absolute Gasteiger partial charge is 0.270 e. The van der Waals surface area contributed by atoms with Crippen molar-refractivity contribution >= 4 is 28.4 Å². The molecule has 0 radical (unpaired) electrons. The van der Waals surface area contributed by atoms with Gasteiger partial charge in [-0.15, -0.1) is 11.8 Å². The van der Waals surface area contributed by atoms with Crippen LogP contribution in [0.15, 0.2) is 65.6 Å². The number of aromatic nitrogens is 1. The normalized spacial score (nSPS) is 19.5. The predicted molar refractivity (Wildman–Crippen MR) is 117 cm³/mol. The second-order valence-electron chi connectivity index (χ2n) is 7.71. The maximum absolute atomic E-state index is 12.6. The Morgan fingerprint density at radius 3 is 2.61 bits per heavy atom. The Morgan fingerprint density at radius 1 is 1.00 bits per heavy atom. The summed E-state index contributed by atoms with van der Waals surface area (Å²) in [5.74, 6) is 1.48. The topological polar surface area (TPSA) is 42.0 Å². The lowest BCUT2D eigenvalue weighted by Gasteiger charge is -2.26. The van der Waals surface area contributed by atoms with Gasteiger partial charge in [0.2, 0.25) is 0 Å². The molecule has 1 aliphatic carbocycles. The number of carbonyl (C=O) groups excluding carboxylic acids is 1. The van der Waals surface area contributed by atoms with Gasteiger partial charge in [0, 0.05) is 16.7 Å². The van der Waals surface area contributed by atoms with Crippen molar-refractivity contribution in [2.24, 2.45) is 5.92 Å². The van der Waals surface area contributed by atoms with Crippen LogP contribution in [-0.4, -0.2) is 16.9 Å². The van der Waals surface area contributed by atoms with E-state index in [-0.39, 0.29) is 5.91 Å². The fraction of sp³-hybridized carbons (Fsp3) is 0.333. The van der Waals surface area contributed by atoms with Crippen molar-refractivity contribution in [3.63, 3.8) is 0 Å². The fourth-order valence-corrected chi connectivity index (χ4v) is 4.80. The summed E-state index contributed by atoms with van der Waals surface area (Å²) in [5.41, 5.74) is 1.46. The van der Waals surface area contributed by atoms with Crippen LogP contribution in [0.4, 0.5) is 0 Å². The number of thioether (sulfide) groups is 1. The van der Waals surface area contributed by atoms with Gasteiger partial charge in [0.25, 0.3) is 5.91 Å². The lowest BCUT2D eigenvalue weighted by atomic mass is 9.87. The SMILES string of the molecule is CC1CCC(NC(=O)c2cccc(CSc3cccc4ccccc34)n2)CC1. The van der Waals surface area contributed by atoms with Crippen LogP contribution in [0, 0.1) is 5.92 Å². The summed E-state index contributed by atoms with van der Waals surface area (Å²) in [6, 6.07) is 20.8. The highest BCUT2D eigenvalue weighted by Crippen LogP contribution is 2.30. The van der Waals surface area contributed by atoms with Gasteiger partial charge in [-0.2, -0.15) is 0 Å². The zero-order valence-electron chi connectivity index (χ0n) is 16.2. The van der Waals surface area contributed by atoms with Gasteiger partial charge in [0.1, 0.15) is 5.69 Å². The third-order valence-electron chi connectivity index (χ3n) is 5.52. The van der Waals surface area contributed by atoms with Gasteiger partial charge in [0.15, 0.2) is 0 Å². The van der Waals surface area contributed by atoms with Gasteiger partial charge in [-0.25, -0.2) is 4.98 Å². The Bertz CT molecular complexity index is 958. The van der Waals surface area contributed by atoms with Crippen LogP contribution in [-0.2, 0) is 5.75 Å². The molecule has 2 aromatic carbocycles. The highest BCUT2D eigenvalue weighted by molar-refractivity contribution is 7.98. The molecular weight excluding hydrogens is 364 g/mol. The molecule has 1 aromatic heterocycles. The average Bonchev–Trinajstić information content (AvgIpc) is 2.74. The van der Waals surface area contributed by atoms with Gasteiger partial charge in [-0.05, 0) is 60.6 Å². The van der Waals surface area contributed by atoms with Crippen molar-refractivity contribution in [2.75, 3.05) is 0 Å². The van der Waals surface area contributed by atoms with Crippen molar-refractivity contribution in [1.82, 2.24) is 10.3 Å². The van der Waals surface area contributed by atoms with E-state index >= 15 is 0 Å². The van der Waals surface area contributed by atoms with Crippen LogP contribution in [0.3, 0.4) is 0 Å². The molecule has 0 aliphatic heterocycles. The van der Waals surface area contributed by atoms with Crippen molar-refractivity contribution in [2.45, 2.75) is 49.3 Å². The van der Waals surface area contributed by atoms with Gasteiger partial charge < -0.3 is 5.32 Å². The van der Waals surface area contributed by atoms with Gasteiger partial charge >= 0.3 is 0 Å². The third-order valence-corrected chi connectivity index (χ3v) is 6.62. The van der Waals surface area contributed by atoms with Crippen molar-refractivity contribution < 1.29 is 4.79 Å². The van der Waals surface area contributed by atoms with E-state index in [4.69, 9.17) is 0 Å². The summed E-state index contributed by atoms with van der Waals surface area (Å²) in [6.07, 6.45) is 4.53. The Labute approximate surface area is 171 Å². The molecule has 3 aromatic rings. The van der Waals surface area contributed by atoms with E-state index in [1.165, 1.54) is 28.5 Å². The highest BCUT2D eigenvalue weighted by Gasteiger charge is 2.20. The summed E-state index contributed by atoms with van der Waals surface area (Å²) in [6.45, 7) is 2.29. The standard InChI is InChI=1S/C24H26N2OS/c1-17-12-14-19(15-13-17)26-24(27)22-10-5-8-20(25-22)16-28-23-11-4-7-18-6-2-3-9-21(18)23/h2-11,17,19H,12-16H2,1H3,(H,26,27). The number of hydrogen-bond donors (Lipinski definition) is 1. The van der Waals surface area contributed by atoms with Gasteiger partial charge in [-0.3, -0.25) is 4.79 Å². The summed E-state index contributed by atoms with van der Waals surface area (Å²) in [4.78, 5) is 18.5. The summed E-state index contributed by atoms with van der Waals surface area (Å²) in [5, 5.41) is 5.68. The molecule has 144 valence electrons. The molecule has 4 rings (SSSR count). The Morgan fingerprint density at radius 2 is 1.75 bits per heavy atom. The van der Waals surface area contributed by atoms with Crippen LogP contribution >= 0.6 is 11.8 Å². The molecule has 1 heterocycles. The highest BCUT2D eigenvalue weighted by atomic mass is 32.2.